The Morgan fingerprint density at radius 2 is 1.76 bits per heavy atom. The van der Waals surface area contributed by atoms with Gasteiger partial charge < -0.3 is 15.2 Å². The second kappa shape index (κ2) is 10.1. The minimum absolute atomic E-state index is 0.0386. The SMILES string of the molecule is CC(=O)Nc1ccc(S(=O)(=O)N2CC3CCC(C2)N3CC(O)COc2ccc(C#N)cc2)cc1. The number of carbonyl (C=O) groups is 1. The molecule has 2 fully saturated rings. The third kappa shape index (κ3) is 5.39. The summed E-state index contributed by atoms with van der Waals surface area (Å²) in [5, 5.41) is 22.0. The first kappa shape index (κ1) is 24.2. The number of anilines is 1. The number of hydrogen-bond acceptors (Lipinski definition) is 7. The van der Waals surface area contributed by atoms with Crippen molar-refractivity contribution < 1.29 is 23.1 Å². The van der Waals surface area contributed by atoms with E-state index in [-0.39, 0.29) is 29.5 Å². The predicted octanol–water partition coefficient (Wildman–Crippen LogP) is 1.79. The Kier molecular flexibility index (Phi) is 7.19. The fraction of sp³-hybridized carbons (Fsp3) is 0.417. The van der Waals surface area contributed by atoms with Gasteiger partial charge in [0.2, 0.25) is 15.9 Å². The smallest absolute Gasteiger partial charge is 0.243 e. The minimum Gasteiger partial charge on any atom is -0.491 e. The summed E-state index contributed by atoms with van der Waals surface area (Å²) in [6.45, 7) is 2.66. The van der Waals surface area contributed by atoms with E-state index in [9.17, 15) is 18.3 Å². The van der Waals surface area contributed by atoms with Crippen molar-refractivity contribution in [1.29, 1.82) is 5.26 Å². The molecule has 1 amide bonds. The monoisotopic (exact) mass is 484 g/mol. The molecule has 2 aromatic rings. The standard InChI is InChI=1S/C24H28N4O5S/c1-17(29)26-19-4-10-24(11-5-19)34(31,32)27-13-20-6-7-21(14-27)28(20)15-22(30)16-33-23-8-2-18(12-25)3-9-23/h2-5,8-11,20-22,30H,6-7,13-16H2,1H3,(H,26,29). The second-order valence-electron chi connectivity index (χ2n) is 8.71. The normalized spacial score (nSPS) is 21.6. The van der Waals surface area contributed by atoms with Gasteiger partial charge in [-0.15, -0.1) is 0 Å². The third-order valence-electron chi connectivity index (χ3n) is 6.26. The van der Waals surface area contributed by atoms with E-state index in [1.807, 2.05) is 0 Å². The molecule has 2 saturated heterocycles. The molecule has 3 unspecified atom stereocenters. The average molecular weight is 485 g/mol. The number of hydrogen-bond donors (Lipinski definition) is 2. The number of sulfonamides is 1. The van der Waals surface area contributed by atoms with Gasteiger partial charge in [-0.05, 0) is 61.4 Å². The average Bonchev–Trinajstić information content (AvgIpc) is 3.03. The van der Waals surface area contributed by atoms with E-state index in [0.717, 1.165) is 12.8 Å². The molecule has 10 heteroatoms. The molecule has 2 heterocycles. The van der Waals surface area contributed by atoms with Crippen molar-refractivity contribution in [3.63, 3.8) is 0 Å². The fourth-order valence-corrected chi connectivity index (χ4v) is 6.14. The zero-order valence-corrected chi connectivity index (χ0v) is 19.7. The molecule has 4 rings (SSSR count). The van der Waals surface area contributed by atoms with Crippen molar-refractivity contribution in [2.45, 2.75) is 42.8 Å². The Hall–Kier alpha value is -2.97. The van der Waals surface area contributed by atoms with Crippen LogP contribution in [-0.4, -0.2) is 73.1 Å². The number of carbonyl (C=O) groups excluding carboxylic acids is 1. The van der Waals surface area contributed by atoms with E-state index in [4.69, 9.17) is 10.00 Å². The van der Waals surface area contributed by atoms with Crippen LogP contribution in [0, 0.1) is 11.3 Å². The lowest BCUT2D eigenvalue weighted by Crippen LogP contribution is -2.57. The fourth-order valence-electron chi connectivity index (χ4n) is 4.62. The molecule has 2 N–H and O–H groups in total. The number of benzene rings is 2. The van der Waals surface area contributed by atoms with Crippen molar-refractivity contribution in [3.8, 4) is 11.8 Å². The summed E-state index contributed by atoms with van der Waals surface area (Å²) < 4.78 is 33.6. The number of aliphatic hydroxyl groups is 1. The molecule has 3 atom stereocenters. The van der Waals surface area contributed by atoms with E-state index < -0.39 is 16.1 Å². The van der Waals surface area contributed by atoms with Gasteiger partial charge in [-0.25, -0.2) is 8.42 Å². The highest BCUT2D eigenvalue weighted by Gasteiger charge is 2.44. The van der Waals surface area contributed by atoms with Gasteiger partial charge in [-0.3, -0.25) is 9.69 Å². The van der Waals surface area contributed by atoms with Crippen LogP contribution in [0.25, 0.3) is 0 Å². The van der Waals surface area contributed by atoms with E-state index in [2.05, 4.69) is 16.3 Å². The quantitative estimate of drug-likeness (QED) is 0.586. The van der Waals surface area contributed by atoms with Gasteiger partial charge >= 0.3 is 0 Å². The molecular formula is C24H28N4O5S. The van der Waals surface area contributed by atoms with Crippen molar-refractivity contribution in [2.24, 2.45) is 0 Å². The molecule has 180 valence electrons. The summed E-state index contributed by atoms with van der Waals surface area (Å²) >= 11 is 0. The number of aliphatic hydroxyl groups excluding tert-OH is 1. The van der Waals surface area contributed by atoms with Gasteiger partial charge in [0.05, 0.1) is 16.5 Å². The first-order chi connectivity index (χ1) is 16.3. The molecule has 2 aromatic carbocycles. The van der Waals surface area contributed by atoms with E-state index >= 15 is 0 Å². The summed E-state index contributed by atoms with van der Waals surface area (Å²) in [5.74, 6) is 0.370. The number of nitrogens with zero attached hydrogens (tertiary/aromatic N) is 3. The first-order valence-electron chi connectivity index (χ1n) is 11.2. The molecule has 0 saturated carbocycles. The van der Waals surface area contributed by atoms with Crippen molar-refractivity contribution in [1.82, 2.24) is 9.21 Å². The number of ether oxygens (including phenoxy) is 1. The third-order valence-corrected chi connectivity index (χ3v) is 8.11. The molecule has 0 aliphatic carbocycles. The van der Waals surface area contributed by atoms with Crippen molar-refractivity contribution in [2.75, 3.05) is 31.6 Å². The van der Waals surface area contributed by atoms with E-state index in [1.54, 1.807) is 36.4 Å². The highest BCUT2D eigenvalue weighted by atomic mass is 32.2. The Labute approximate surface area is 199 Å². The molecule has 0 spiro atoms. The first-order valence-corrected chi connectivity index (χ1v) is 12.6. The van der Waals surface area contributed by atoms with Gasteiger partial charge in [0.1, 0.15) is 18.5 Å². The highest BCUT2D eigenvalue weighted by molar-refractivity contribution is 7.89. The van der Waals surface area contributed by atoms with Crippen LogP contribution >= 0.6 is 0 Å². The Morgan fingerprint density at radius 3 is 2.32 bits per heavy atom. The summed E-state index contributed by atoms with van der Waals surface area (Å²) in [6.07, 6.45) is 1.03. The van der Waals surface area contributed by atoms with Gasteiger partial charge in [0, 0.05) is 44.3 Å². The summed E-state index contributed by atoms with van der Waals surface area (Å²) in [6, 6.07) is 15.0. The van der Waals surface area contributed by atoms with Crippen LogP contribution in [0.4, 0.5) is 5.69 Å². The molecule has 0 radical (unpaired) electrons. The maximum absolute atomic E-state index is 13.2. The predicted molar refractivity (Wildman–Crippen MR) is 126 cm³/mol. The Morgan fingerprint density at radius 1 is 1.15 bits per heavy atom. The lowest BCUT2D eigenvalue weighted by molar-refractivity contribution is -0.114. The van der Waals surface area contributed by atoms with Gasteiger partial charge in [-0.1, -0.05) is 0 Å². The van der Waals surface area contributed by atoms with Crippen LogP contribution in [0.15, 0.2) is 53.4 Å². The summed E-state index contributed by atoms with van der Waals surface area (Å²) in [4.78, 5) is 13.6. The number of fused-ring (bicyclic) bond motifs is 2. The van der Waals surface area contributed by atoms with Crippen LogP contribution in [-0.2, 0) is 14.8 Å². The van der Waals surface area contributed by atoms with Crippen molar-refractivity contribution in [3.05, 3.63) is 54.1 Å². The summed E-state index contributed by atoms with van der Waals surface area (Å²) in [7, 11) is -3.65. The molecule has 9 nitrogen and oxygen atoms in total. The molecule has 34 heavy (non-hydrogen) atoms. The van der Waals surface area contributed by atoms with Gasteiger partial charge in [0.15, 0.2) is 0 Å². The number of piperazine rings is 1. The maximum atomic E-state index is 13.2. The van der Waals surface area contributed by atoms with Gasteiger partial charge in [-0.2, -0.15) is 9.57 Å². The van der Waals surface area contributed by atoms with Gasteiger partial charge in [0.25, 0.3) is 0 Å². The number of nitriles is 1. The van der Waals surface area contributed by atoms with E-state index in [1.165, 1.54) is 23.4 Å². The lowest BCUT2D eigenvalue weighted by atomic mass is 10.2. The number of amides is 1. The van der Waals surface area contributed by atoms with Crippen LogP contribution in [0.3, 0.4) is 0 Å². The Bertz CT molecular complexity index is 1150. The van der Waals surface area contributed by atoms with E-state index in [0.29, 0.717) is 36.6 Å². The maximum Gasteiger partial charge on any atom is 0.243 e. The molecule has 0 aromatic heterocycles. The number of rotatable bonds is 8. The largest absolute Gasteiger partial charge is 0.491 e. The topological polar surface area (TPSA) is 123 Å². The molecule has 2 bridgehead atoms. The Balaban J connectivity index is 1.34. The summed E-state index contributed by atoms with van der Waals surface area (Å²) in [5.41, 5.74) is 1.09. The zero-order chi connectivity index (χ0) is 24.3. The highest BCUT2D eigenvalue weighted by Crippen LogP contribution is 2.33. The van der Waals surface area contributed by atoms with Crippen molar-refractivity contribution >= 4 is 21.6 Å². The molecular weight excluding hydrogens is 456 g/mol. The minimum atomic E-state index is -3.65. The number of nitrogens with one attached hydrogen (secondary N) is 1. The molecule has 2 aliphatic heterocycles. The molecule has 2 aliphatic rings. The lowest BCUT2D eigenvalue weighted by Gasteiger charge is -2.41. The van der Waals surface area contributed by atoms with Crippen LogP contribution < -0.4 is 10.1 Å². The van der Waals surface area contributed by atoms with Crippen LogP contribution in [0.5, 0.6) is 5.75 Å². The second-order valence-corrected chi connectivity index (χ2v) is 10.6. The van der Waals surface area contributed by atoms with Crippen LogP contribution in [0.1, 0.15) is 25.3 Å². The zero-order valence-electron chi connectivity index (χ0n) is 18.9. The van der Waals surface area contributed by atoms with Crippen LogP contribution in [0.2, 0.25) is 0 Å².